The molecule has 1 aliphatic rings. The number of anilines is 1. The van der Waals surface area contributed by atoms with Gasteiger partial charge in [0.1, 0.15) is 0 Å². The molecule has 1 heterocycles. The van der Waals surface area contributed by atoms with Crippen LogP contribution in [0.1, 0.15) is 26.7 Å². The number of hydrogen-bond acceptors (Lipinski definition) is 5. The third kappa shape index (κ3) is 6.19. The molecule has 0 radical (unpaired) electrons. The zero-order valence-corrected chi connectivity index (χ0v) is 15.2. The van der Waals surface area contributed by atoms with E-state index in [1.54, 1.807) is 6.07 Å². The highest BCUT2D eigenvalue weighted by Crippen LogP contribution is 2.30. The quantitative estimate of drug-likeness (QED) is 0.782. The molecule has 1 amide bonds. The normalized spacial score (nSPS) is 15.5. The monoisotopic (exact) mass is 357 g/mol. The zero-order chi connectivity index (χ0) is 16.7. The average Bonchev–Trinajstić information content (AvgIpc) is 2.52. The van der Waals surface area contributed by atoms with Crippen molar-refractivity contribution in [2.24, 2.45) is 5.73 Å². The summed E-state index contributed by atoms with van der Waals surface area (Å²) >= 11 is 0. The topological polar surface area (TPSA) is 76.8 Å². The molecule has 136 valence electrons. The lowest BCUT2D eigenvalue weighted by Gasteiger charge is -2.29. The number of piperidine rings is 1. The molecule has 3 N–H and O–H groups in total. The molecule has 24 heavy (non-hydrogen) atoms. The van der Waals surface area contributed by atoms with E-state index in [1.807, 2.05) is 26.0 Å². The molecule has 1 saturated heterocycles. The number of carbonyl (C=O) groups excluding carboxylic acids is 1. The lowest BCUT2D eigenvalue weighted by atomic mass is 10.1. The minimum Gasteiger partial charge on any atom is -0.490 e. The Morgan fingerprint density at radius 1 is 1.21 bits per heavy atom. The van der Waals surface area contributed by atoms with Crippen molar-refractivity contribution in [1.29, 1.82) is 0 Å². The lowest BCUT2D eigenvalue weighted by molar-refractivity contribution is -0.117. The fraction of sp³-hybridized carbons (Fsp3) is 0.588. The summed E-state index contributed by atoms with van der Waals surface area (Å²) in [6.07, 6.45) is 1.90. The number of ether oxygens (including phenoxy) is 2. The summed E-state index contributed by atoms with van der Waals surface area (Å²) in [5, 5.41) is 2.92. The Morgan fingerprint density at radius 3 is 2.46 bits per heavy atom. The van der Waals surface area contributed by atoms with Crippen LogP contribution >= 0.6 is 12.4 Å². The molecular formula is C17H28ClN3O3. The van der Waals surface area contributed by atoms with E-state index >= 15 is 0 Å². The number of carbonyl (C=O) groups is 1. The van der Waals surface area contributed by atoms with Gasteiger partial charge in [0.2, 0.25) is 5.91 Å². The molecule has 0 aromatic heterocycles. The number of nitrogens with zero attached hydrogens (tertiary/aromatic N) is 1. The predicted octanol–water partition coefficient (Wildman–Crippen LogP) is 2.27. The van der Waals surface area contributed by atoms with Crippen molar-refractivity contribution in [2.75, 3.05) is 38.2 Å². The number of likely N-dealkylation sites (tertiary alicyclic amines) is 1. The van der Waals surface area contributed by atoms with E-state index in [1.165, 1.54) is 0 Å². The molecule has 6 nitrogen and oxygen atoms in total. The Balaban J connectivity index is 0.00000288. The first-order valence-electron chi connectivity index (χ1n) is 8.29. The fourth-order valence-corrected chi connectivity index (χ4v) is 2.64. The number of rotatable bonds is 7. The van der Waals surface area contributed by atoms with Crippen molar-refractivity contribution in [1.82, 2.24) is 4.90 Å². The molecule has 2 rings (SSSR count). The second-order valence-electron chi connectivity index (χ2n) is 5.69. The number of hydrogen-bond donors (Lipinski definition) is 2. The number of benzene rings is 1. The maximum Gasteiger partial charge on any atom is 0.238 e. The van der Waals surface area contributed by atoms with E-state index in [2.05, 4.69) is 10.2 Å². The van der Waals surface area contributed by atoms with Crippen molar-refractivity contribution in [3.63, 3.8) is 0 Å². The molecular weight excluding hydrogens is 330 g/mol. The van der Waals surface area contributed by atoms with E-state index in [9.17, 15) is 4.79 Å². The summed E-state index contributed by atoms with van der Waals surface area (Å²) in [4.78, 5) is 14.3. The van der Waals surface area contributed by atoms with Crippen molar-refractivity contribution < 1.29 is 14.3 Å². The second kappa shape index (κ2) is 10.4. The van der Waals surface area contributed by atoms with Crippen LogP contribution < -0.4 is 20.5 Å². The van der Waals surface area contributed by atoms with Gasteiger partial charge in [0.15, 0.2) is 11.5 Å². The maximum atomic E-state index is 12.2. The molecule has 7 heteroatoms. The van der Waals surface area contributed by atoms with Gasteiger partial charge in [0.05, 0.1) is 19.8 Å². The summed E-state index contributed by atoms with van der Waals surface area (Å²) in [7, 11) is 0. The van der Waals surface area contributed by atoms with Gasteiger partial charge in [-0.25, -0.2) is 0 Å². The Hall–Kier alpha value is -1.50. The third-order valence-corrected chi connectivity index (χ3v) is 3.83. The maximum absolute atomic E-state index is 12.2. The molecule has 1 fully saturated rings. The van der Waals surface area contributed by atoms with Crippen LogP contribution in [-0.4, -0.2) is 49.7 Å². The van der Waals surface area contributed by atoms with Crippen LogP contribution in [0.25, 0.3) is 0 Å². The first kappa shape index (κ1) is 20.5. The molecule has 1 aromatic rings. The van der Waals surface area contributed by atoms with Crippen LogP contribution in [0, 0.1) is 0 Å². The Morgan fingerprint density at radius 2 is 1.83 bits per heavy atom. The van der Waals surface area contributed by atoms with Crippen LogP contribution in [0.15, 0.2) is 18.2 Å². The van der Waals surface area contributed by atoms with Gasteiger partial charge in [0, 0.05) is 30.9 Å². The molecule has 0 saturated carbocycles. The van der Waals surface area contributed by atoms with Crippen molar-refractivity contribution in [3.8, 4) is 11.5 Å². The summed E-state index contributed by atoms with van der Waals surface area (Å²) in [6.45, 7) is 7.11. The van der Waals surface area contributed by atoms with Crippen molar-refractivity contribution in [3.05, 3.63) is 18.2 Å². The third-order valence-electron chi connectivity index (χ3n) is 3.83. The van der Waals surface area contributed by atoms with Gasteiger partial charge in [-0.2, -0.15) is 0 Å². The first-order chi connectivity index (χ1) is 11.1. The van der Waals surface area contributed by atoms with Gasteiger partial charge in [-0.3, -0.25) is 9.69 Å². The fourth-order valence-electron chi connectivity index (χ4n) is 2.64. The van der Waals surface area contributed by atoms with E-state index in [4.69, 9.17) is 15.2 Å². The molecule has 0 atom stereocenters. The molecule has 0 bridgehead atoms. The molecule has 1 aromatic carbocycles. The average molecular weight is 358 g/mol. The minimum absolute atomic E-state index is 0. The highest BCUT2D eigenvalue weighted by molar-refractivity contribution is 5.92. The standard InChI is InChI=1S/C17H27N3O3.ClH/c1-3-22-15-6-5-14(11-16(15)23-4-2)19-17(21)12-20-9-7-13(18)8-10-20;/h5-6,11,13H,3-4,7-10,12,18H2,1-2H3,(H,19,21);1H. The van der Waals surface area contributed by atoms with Crippen LogP contribution in [0.5, 0.6) is 11.5 Å². The number of amides is 1. The largest absolute Gasteiger partial charge is 0.490 e. The number of halogens is 1. The highest BCUT2D eigenvalue weighted by Gasteiger charge is 2.18. The van der Waals surface area contributed by atoms with Crippen LogP contribution in [-0.2, 0) is 4.79 Å². The Bertz CT molecular complexity index is 520. The second-order valence-corrected chi connectivity index (χ2v) is 5.69. The molecule has 1 aliphatic heterocycles. The SMILES string of the molecule is CCOc1ccc(NC(=O)CN2CCC(N)CC2)cc1OCC.Cl. The summed E-state index contributed by atoms with van der Waals surface area (Å²) in [5.41, 5.74) is 6.60. The van der Waals surface area contributed by atoms with Gasteiger partial charge in [-0.15, -0.1) is 12.4 Å². The zero-order valence-electron chi connectivity index (χ0n) is 14.4. The smallest absolute Gasteiger partial charge is 0.238 e. The predicted molar refractivity (Wildman–Crippen MR) is 98.3 cm³/mol. The van der Waals surface area contributed by atoms with Gasteiger partial charge in [-0.05, 0) is 38.8 Å². The van der Waals surface area contributed by atoms with E-state index in [0.29, 0.717) is 31.3 Å². The van der Waals surface area contributed by atoms with Crippen LogP contribution in [0.4, 0.5) is 5.69 Å². The van der Waals surface area contributed by atoms with Gasteiger partial charge in [0.25, 0.3) is 0 Å². The van der Waals surface area contributed by atoms with E-state index < -0.39 is 0 Å². The van der Waals surface area contributed by atoms with Gasteiger partial charge >= 0.3 is 0 Å². The summed E-state index contributed by atoms with van der Waals surface area (Å²) in [5.74, 6) is 1.32. The van der Waals surface area contributed by atoms with Crippen LogP contribution in [0.2, 0.25) is 0 Å². The molecule has 0 unspecified atom stereocenters. The minimum atomic E-state index is -0.0212. The number of nitrogens with one attached hydrogen (secondary N) is 1. The molecule has 0 spiro atoms. The van der Waals surface area contributed by atoms with Crippen LogP contribution in [0.3, 0.4) is 0 Å². The number of nitrogens with two attached hydrogens (primary N) is 1. The molecule has 0 aliphatic carbocycles. The summed E-state index contributed by atoms with van der Waals surface area (Å²) < 4.78 is 11.1. The van der Waals surface area contributed by atoms with Crippen molar-refractivity contribution >= 4 is 24.0 Å². The van der Waals surface area contributed by atoms with Crippen molar-refractivity contribution in [2.45, 2.75) is 32.7 Å². The lowest BCUT2D eigenvalue weighted by Crippen LogP contribution is -2.43. The highest BCUT2D eigenvalue weighted by atomic mass is 35.5. The van der Waals surface area contributed by atoms with E-state index in [-0.39, 0.29) is 24.4 Å². The van der Waals surface area contributed by atoms with Gasteiger partial charge < -0.3 is 20.5 Å². The summed E-state index contributed by atoms with van der Waals surface area (Å²) in [6, 6.07) is 5.73. The Kier molecular flexibility index (Phi) is 8.89. The Labute approximate surface area is 150 Å². The first-order valence-corrected chi connectivity index (χ1v) is 8.29. The van der Waals surface area contributed by atoms with E-state index in [0.717, 1.165) is 31.6 Å². The van der Waals surface area contributed by atoms with Gasteiger partial charge in [-0.1, -0.05) is 0 Å².